The minimum Gasteiger partial charge on any atom is -0.280 e. The number of nitrogens with zero attached hydrogens (tertiary/aromatic N) is 1. The van der Waals surface area contributed by atoms with Crippen molar-refractivity contribution < 1.29 is 8.78 Å². The number of hydrogen-bond acceptors (Lipinski definition) is 1. The highest BCUT2D eigenvalue weighted by Gasteiger charge is 2.36. The minimum absolute atomic E-state index is 0.136. The van der Waals surface area contributed by atoms with Crippen LogP contribution in [0.3, 0.4) is 0 Å². The van der Waals surface area contributed by atoms with Crippen molar-refractivity contribution in [2.75, 3.05) is 5.88 Å². The van der Waals surface area contributed by atoms with Crippen molar-refractivity contribution in [3.8, 4) is 0 Å². The normalized spacial score (nSPS) is 13.1. The van der Waals surface area contributed by atoms with Gasteiger partial charge in [-0.1, -0.05) is 30.3 Å². The lowest BCUT2D eigenvalue weighted by molar-refractivity contribution is 0.0677. The molecule has 4 heteroatoms. The van der Waals surface area contributed by atoms with Gasteiger partial charge in [0, 0.05) is 23.9 Å². The van der Waals surface area contributed by atoms with Crippen molar-refractivity contribution >= 4 is 17.3 Å². The average molecular weight is 274 g/mol. The van der Waals surface area contributed by atoms with Gasteiger partial charge in [-0.2, -0.15) is 8.78 Å². The number of aliphatic imine (C=N–C) groups is 1. The summed E-state index contributed by atoms with van der Waals surface area (Å²) in [4.78, 5) is 4.10. The highest BCUT2D eigenvalue weighted by molar-refractivity contribution is 6.17. The summed E-state index contributed by atoms with van der Waals surface area (Å²) in [7, 11) is 0. The van der Waals surface area contributed by atoms with E-state index in [1.165, 1.54) is 0 Å². The Bertz CT molecular complexity index is 388. The first-order valence-electron chi connectivity index (χ1n) is 6.05. The van der Waals surface area contributed by atoms with Crippen LogP contribution in [0.5, 0.6) is 0 Å². The molecule has 1 aromatic rings. The van der Waals surface area contributed by atoms with E-state index in [0.29, 0.717) is 5.56 Å². The molecule has 0 aliphatic rings. The topological polar surface area (TPSA) is 12.4 Å². The zero-order chi connectivity index (χ0) is 13.6. The maximum atomic E-state index is 14.1. The van der Waals surface area contributed by atoms with Crippen LogP contribution >= 0.6 is 11.6 Å². The molecule has 0 saturated carbocycles. The molecule has 0 heterocycles. The fraction of sp³-hybridized carbons (Fsp3) is 0.500. The summed E-state index contributed by atoms with van der Waals surface area (Å²) < 4.78 is 28.3. The van der Waals surface area contributed by atoms with E-state index < -0.39 is 5.92 Å². The predicted octanol–water partition coefficient (Wildman–Crippen LogP) is 4.54. The first kappa shape index (κ1) is 15.1. The fourth-order valence-electron chi connectivity index (χ4n) is 1.64. The maximum absolute atomic E-state index is 14.1. The largest absolute Gasteiger partial charge is 0.289 e. The minimum atomic E-state index is -2.93. The second-order valence-electron chi connectivity index (χ2n) is 4.43. The van der Waals surface area contributed by atoms with Crippen molar-refractivity contribution in [1.29, 1.82) is 0 Å². The predicted molar refractivity (Wildman–Crippen MR) is 73.0 cm³/mol. The van der Waals surface area contributed by atoms with Gasteiger partial charge in [-0.25, -0.2) is 0 Å². The van der Waals surface area contributed by atoms with Crippen molar-refractivity contribution in [3.05, 3.63) is 35.9 Å². The van der Waals surface area contributed by atoms with Gasteiger partial charge in [0.15, 0.2) is 0 Å². The van der Waals surface area contributed by atoms with E-state index in [1.807, 2.05) is 0 Å². The molecule has 0 atom stereocenters. The van der Waals surface area contributed by atoms with Crippen LogP contribution < -0.4 is 0 Å². The molecule has 0 aliphatic carbocycles. The molecule has 1 nitrogen and oxygen atoms in total. The highest BCUT2D eigenvalue weighted by Crippen LogP contribution is 2.27. The van der Waals surface area contributed by atoms with E-state index in [-0.39, 0.29) is 30.5 Å². The smallest absolute Gasteiger partial charge is 0.280 e. The Hall–Kier alpha value is -0.960. The van der Waals surface area contributed by atoms with E-state index in [1.54, 1.807) is 44.2 Å². The van der Waals surface area contributed by atoms with Gasteiger partial charge in [-0.05, 0) is 20.3 Å². The maximum Gasteiger partial charge on any atom is 0.289 e. The number of halogens is 3. The monoisotopic (exact) mass is 273 g/mol. The lowest BCUT2D eigenvalue weighted by Crippen LogP contribution is -2.30. The molecular formula is C14H18ClF2N. The first-order chi connectivity index (χ1) is 8.47. The molecule has 0 fully saturated rings. The summed E-state index contributed by atoms with van der Waals surface area (Å²) in [6.07, 6.45) is 0.00938. The SMILES string of the molecule is CC(C)N=C(c1ccccc1)C(F)(F)CCCCl. The van der Waals surface area contributed by atoms with Gasteiger partial charge in [0.05, 0.1) is 0 Å². The first-order valence-corrected chi connectivity index (χ1v) is 6.58. The van der Waals surface area contributed by atoms with Gasteiger partial charge in [0.1, 0.15) is 5.71 Å². The Morgan fingerprint density at radius 2 is 1.89 bits per heavy atom. The molecular weight excluding hydrogens is 256 g/mol. The molecule has 0 unspecified atom stereocenters. The van der Waals surface area contributed by atoms with Crippen LogP contribution in [0.25, 0.3) is 0 Å². The summed E-state index contributed by atoms with van der Waals surface area (Å²) >= 11 is 5.49. The average Bonchev–Trinajstić information content (AvgIpc) is 2.34. The third-order valence-corrected chi connectivity index (χ3v) is 2.67. The highest BCUT2D eigenvalue weighted by atomic mass is 35.5. The molecule has 0 radical (unpaired) electrons. The van der Waals surface area contributed by atoms with E-state index in [0.717, 1.165) is 0 Å². The Kier molecular flexibility index (Phi) is 5.73. The number of alkyl halides is 3. The molecule has 0 N–H and O–H groups in total. The molecule has 100 valence electrons. The Labute approximate surface area is 112 Å². The van der Waals surface area contributed by atoms with Crippen LogP contribution in [0.15, 0.2) is 35.3 Å². The van der Waals surface area contributed by atoms with Crippen LogP contribution in [0.1, 0.15) is 32.3 Å². The molecule has 0 spiro atoms. The lowest BCUT2D eigenvalue weighted by Gasteiger charge is -2.20. The van der Waals surface area contributed by atoms with Crippen LogP contribution in [0.2, 0.25) is 0 Å². The summed E-state index contributed by atoms with van der Waals surface area (Å²) in [6.45, 7) is 3.58. The number of hydrogen-bond donors (Lipinski definition) is 0. The van der Waals surface area contributed by atoms with E-state index in [2.05, 4.69) is 4.99 Å². The summed E-state index contributed by atoms with van der Waals surface area (Å²) in [5.74, 6) is -2.69. The summed E-state index contributed by atoms with van der Waals surface area (Å²) in [6, 6.07) is 8.44. The van der Waals surface area contributed by atoms with Gasteiger partial charge >= 0.3 is 0 Å². The molecule has 0 saturated heterocycles. The van der Waals surface area contributed by atoms with Gasteiger partial charge in [0.25, 0.3) is 5.92 Å². The third-order valence-electron chi connectivity index (χ3n) is 2.41. The second-order valence-corrected chi connectivity index (χ2v) is 4.81. The van der Waals surface area contributed by atoms with Crippen molar-refractivity contribution in [2.45, 2.75) is 38.7 Å². The van der Waals surface area contributed by atoms with Crippen LogP contribution in [0, 0.1) is 0 Å². The number of benzene rings is 1. The molecule has 18 heavy (non-hydrogen) atoms. The second kappa shape index (κ2) is 6.83. The Morgan fingerprint density at radius 1 is 1.28 bits per heavy atom. The van der Waals surface area contributed by atoms with E-state index in [9.17, 15) is 8.78 Å². The Balaban J connectivity index is 3.07. The van der Waals surface area contributed by atoms with Crippen molar-refractivity contribution in [3.63, 3.8) is 0 Å². The van der Waals surface area contributed by atoms with Crippen LogP contribution in [-0.4, -0.2) is 23.6 Å². The van der Waals surface area contributed by atoms with Crippen molar-refractivity contribution in [2.24, 2.45) is 4.99 Å². The van der Waals surface area contributed by atoms with Gasteiger partial charge in [-0.15, -0.1) is 11.6 Å². The molecule has 0 amide bonds. The van der Waals surface area contributed by atoms with Gasteiger partial charge < -0.3 is 0 Å². The van der Waals surface area contributed by atoms with Gasteiger partial charge in [-0.3, -0.25) is 4.99 Å². The molecule has 0 bridgehead atoms. The summed E-state index contributed by atoms with van der Waals surface area (Å²) in [5, 5.41) is 0. The van der Waals surface area contributed by atoms with E-state index in [4.69, 9.17) is 11.6 Å². The zero-order valence-corrected chi connectivity index (χ0v) is 11.4. The van der Waals surface area contributed by atoms with Crippen molar-refractivity contribution in [1.82, 2.24) is 0 Å². The lowest BCUT2D eigenvalue weighted by atomic mass is 10.0. The van der Waals surface area contributed by atoms with Crippen LogP contribution in [0.4, 0.5) is 8.78 Å². The number of rotatable bonds is 6. The summed E-state index contributed by atoms with van der Waals surface area (Å²) in [5.41, 5.74) is 0.342. The molecule has 1 rings (SSSR count). The molecule has 1 aromatic carbocycles. The standard InChI is InChI=1S/C14H18ClF2N/c1-11(2)18-13(12-7-4-3-5-8-12)14(16,17)9-6-10-15/h3-5,7-8,11H,6,9-10H2,1-2H3. The van der Waals surface area contributed by atoms with Gasteiger partial charge in [0.2, 0.25) is 0 Å². The zero-order valence-electron chi connectivity index (χ0n) is 10.7. The molecule has 0 aromatic heterocycles. The molecule has 0 aliphatic heterocycles. The third kappa shape index (κ3) is 4.37. The van der Waals surface area contributed by atoms with Crippen LogP contribution in [-0.2, 0) is 0 Å². The quantitative estimate of drug-likeness (QED) is 0.533. The van der Waals surface area contributed by atoms with E-state index >= 15 is 0 Å². The Morgan fingerprint density at radius 3 is 2.39 bits per heavy atom. The fourth-order valence-corrected chi connectivity index (χ4v) is 1.78.